The number of halogens is 2. The molecule has 0 aromatic heterocycles. The van der Waals surface area contributed by atoms with Crippen LogP contribution in [0.3, 0.4) is 0 Å². The van der Waals surface area contributed by atoms with Gasteiger partial charge in [0.25, 0.3) is 0 Å². The highest BCUT2D eigenvalue weighted by atomic mass is 35.5. The first-order valence-electron chi connectivity index (χ1n) is 7.90. The zero-order valence-corrected chi connectivity index (χ0v) is 16.9. The third-order valence-corrected chi connectivity index (χ3v) is 3.80. The van der Waals surface area contributed by atoms with Crippen LogP contribution >= 0.6 is 24.8 Å². The Morgan fingerprint density at radius 3 is 1.91 bits per heavy atom. The molecule has 0 aromatic rings. The average Bonchev–Trinajstić information content (AvgIpc) is 2.34. The van der Waals surface area contributed by atoms with Crippen molar-refractivity contribution in [3.05, 3.63) is 0 Å². The summed E-state index contributed by atoms with van der Waals surface area (Å²) in [4.78, 5) is 14.5. The van der Waals surface area contributed by atoms with Gasteiger partial charge in [-0.15, -0.1) is 24.8 Å². The molecule has 3 N–H and O–H groups in total. The van der Waals surface area contributed by atoms with Crippen LogP contribution in [-0.4, -0.2) is 42.5 Å². The van der Waals surface area contributed by atoms with Gasteiger partial charge >= 0.3 is 0 Å². The third-order valence-electron chi connectivity index (χ3n) is 3.80. The van der Waals surface area contributed by atoms with Crippen LogP contribution in [0, 0.1) is 11.3 Å². The third kappa shape index (κ3) is 9.88. The van der Waals surface area contributed by atoms with E-state index in [1.165, 1.54) is 0 Å². The second-order valence-corrected chi connectivity index (χ2v) is 7.09. The largest absolute Gasteiger partial charge is 0.353 e. The molecule has 0 spiro atoms. The molecule has 6 heteroatoms. The molecule has 1 amide bonds. The second-order valence-electron chi connectivity index (χ2n) is 7.09. The number of carbonyl (C=O) groups excluding carboxylic acids is 1. The zero-order chi connectivity index (χ0) is 15.9. The first kappa shape index (κ1) is 26.8. The molecule has 0 bridgehead atoms. The summed E-state index contributed by atoms with van der Waals surface area (Å²) in [6, 6.07) is -0.0694. The topological polar surface area (TPSA) is 58.4 Å². The van der Waals surface area contributed by atoms with Gasteiger partial charge in [0.2, 0.25) is 5.91 Å². The summed E-state index contributed by atoms with van der Waals surface area (Å²) in [5.74, 6) is 0.576. The van der Waals surface area contributed by atoms with E-state index in [4.69, 9.17) is 5.73 Å². The molecule has 1 unspecified atom stereocenters. The van der Waals surface area contributed by atoms with Crippen LogP contribution in [0.4, 0.5) is 0 Å². The predicted molar refractivity (Wildman–Crippen MR) is 101 cm³/mol. The molecular formula is C16H37Cl2N3O. The zero-order valence-electron chi connectivity index (χ0n) is 15.3. The molecule has 0 aliphatic heterocycles. The lowest BCUT2D eigenvalue weighted by atomic mass is 9.87. The Labute approximate surface area is 149 Å². The van der Waals surface area contributed by atoms with E-state index in [-0.39, 0.29) is 36.1 Å². The number of nitrogens with one attached hydrogen (secondary N) is 1. The van der Waals surface area contributed by atoms with Crippen LogP contribution in [0.25, 0.3) is 0 Å². The Kier molecular flexibility index (Phi) is 15.1. The molecule has 0 aliphatic rings. The molecule has 0 saturated heterocycles. The lowest BCUT2D eigenvalue weighted by molar-refractivity contribution is -0.124. The molecule has 0 aliphatic carbocycles. The predicted octanol–water partition coefficient (Wildman–Crippen LogP) is 3.08. The molecule has 0 fully saturated rings. The second kappa shape index (κ2) is 12.4. The van der Waals surface area contributed by atoms with E-state index in [0.29, 0.717) is 18.5 Å². The van der Waals surface area contributed by atoms with Gasteiger partial charge in [0.05, 0.1) is 6.04 Å². The molecule has 0 radical (unpaired) electrons. The minimum absolute atomic E-state index is 0. The number of likely N-dealkylation sites (N-methyl/N-ethyl adjacent to an activating group) is 1. The number of nitrogens with two attached hydrogens (primary N) is 1. The standard InChI is InChI=1S/C16H35N3O.2ClH/c1-8-19(9-2)13(10-12(3)4)11-18-15(20)14(17)16(5,6)7;;/h12-14H,8-11,17H2,1-7H3,(H,18,20);2*1H/t13?,14-;;/m1../s1. The van der Waals surface area contributed by atoms with E-state index >= 15 is 0 Å². The van der Waals surface area contributed by atoms with Crippen molar-refractivity contribution >= 4 is 30.7 Å². The number of hydrogen-bond acceptors (Lipinski definition) is 3. The lowest BCUT2D eigenvalue weighted by Crippen LogP contribution is -2.52. The minimum atomic E-state index is -0.459. The average molecular weight is 358 g/mol. The fourth-order valence-corrected chi connectivity index (χ4v) is 2.37. The van der Waals surface area contributed by atoms with Crippen LogP contribution < -0.4 is 11.1 Å². The molecule has 2 atom stereocenters. The summed E-state index contributed by atoms with van der Waals surface area (Å²) in [6.45, 7) is 17.5. The molecular weight excluding hydrogens is 321 g/mol. The van der Waals surface area contributed by atoms with Crippen LogP contribution in [0.5, 0.6) is 0 Å². The summed E-state index contributed by atoms with van der Waals surface area (Å²) in [6.07, 6.45) is 1.09. The monoisotopic (exact) mass is 357 g/mol. The molecule has 22 heavy (non-hydrogen) atoms. The van der Waals surface area contributed by atoms with Gasteiger partial charge in [0.1, 0.15) is 0 Å². The maximum Gasteiger partial charge on any atom is 0.237 e. The highest BCUT2D eigenvalue weighted by Gasteiger charge is 2.28. The smallest absolute Gasteiger partial charge is 0.237 e. The van der Waals surface area contributed by atoms with Gasteiger partial charge in [-0.1, -0.05) is 48.5 Å². The maximum absolute atomic E-state index is 12.1. The van der Waals surface area contributed by atoms with E-state index in [2.05, 4.69) is 37.9 Å². The number of hydrogen-bond donors (Lipinski definition) is 2. The van der Waals surface area contributed by atoms with Crippen LogP contribution in [0.15, 0.2) is 0 Å². The number of rotatable bonds is 8. The Morgan fingerprint density at radius 1 is 1.14 bits per heavy atom. The van der Waals surface area contributed by atoms with Gasteiger partial charge in [-0.25, -0.2) is 0 Å². The van der Waals surface area contributed by atoms with Gasteiger partial charge in [0.15, 0.2) is 0 Å². The summed E-state index contributed by atoms with van der Waals surface area (Å²) >= 11 is 0. The fraction of sp³-hybridized carbons (Fsp3) is 0.938. The summed E-state index contributed by atoms with van der Waals surface area (Å²) in [5.41, 5.74) is 5.80. The molecule has 136 valence electrons. The Balaban J connectivity index is -0.00000180. The molecule has 0 heterocycles. The van der Waals surface area contributed by atoms with Gasteiger partial charge in [-0.05, 0) is 30.8 Å². The SMILES string of the molecule is CCN(CC)C(CNC(=O)[C@@H](N)C(C)(C)C)CC(C)C.Cl.Cl. The molecule has 0 saturated carbocycles. The van der Waals surface area contributed by atoms with Crippen molar-refractivity contribution in [2.24, 2.45) is 17.1 Å². The van der Waals surface area contributed by atoms with Crippen molar-refractivity contribution in [1.29, 1.82) is 0 Å². The van der Waals surface area contributed by atoms with E-state index in [9.17, 15) is 4.79 Å². The number of amides is 1. The van der Waals surface area contributed by atoms with Gasteiger partial charge in [-0.2, -0.15) is 0 Å². The van der Waals surface area contributed by atoms with E-state index in [0.717, 1.165) is 19.5 Å². The Bertz CT molecular complexity index is 290. The van der Waals surface area contributed by atoms with Crippen LogP contribution in [-0.2, 0) is 4.79 Å². The van der Waals surface area contributed by atoms with Crippen LogP contribution in [0.2, 0.25) is 0 Å². The van der Waals surface area contributed by atoms with E-state index < -0.39 is 6.04 Å². The molecule has 0 aromatic carbocycles. The maximum atomic E-state index is 12.1. The summed E-state index contributed by atoms with van der Waals surface area (Å²) < 4.78 is 0. The van der Waals surface area contributed by atoms with Gasteiger partial charge in [-0.3, -0.25) is 9.69 Å². The number of carbonyl (C=O) groups is 1. The molecule has 0 rings (SSSR count). The minimum Gasteiger partial charge on any atom is -0.353 e. The first-order chi connectivity index (χ1) is 9.13. The van der Waals surface area contributed by atoms with Crippen molar-refractivity contribution < 1.29 is 4.79 Å². The normalized spacial score (nSPS) is 14.1. The highest BCUT2D eigenvalue weighted by molar-refractivity contribution is 5.85. The van der Waals surface area contributed by atoms with Crippen molar-refractivity contribution in [3.8, 4) is 0 Å². The number of nitrogens with zero attached hydrogens (tertiary/aromatic N) is 1. The highest BCUT2D eigenvalue weighted by Crippen LogP contribution is 2.17. The van der Waals surface area contributed by atoms with E-state index in [1.54, 1.807) is 0 Å². The van der Waals surface area contributed by atoms with Crippen molar-refractivity contribution in [2.45, 2.75) is 67.0 Å². The lowest BCUT2D eigenvalue weighted by Gasteiger charge is -2.32. The Hall–Kier alpha value is -0.0300. The van der Waals surface area contributed by atoms with Gasteiger partial charge < -0.3 is 11.1 Å². The van der Waals surface area contributed by atoms with Crippen LogP contribution in [0.1, 0.15) is 54.9 Å². The summed E-state index contributed by atoms with van der Waals surface area (Å²) in [5, 5.41) is 3.04. The van der Waals surface area contributed by atoms with E-state index in [1.807, 2.05) is 20.8 Å². The quantitative estimate of drug-likeness (QED) is 0.701. The van der Waals surface area contributed by atoms with Crippen molar-refractivity contribution in [3.63, 3.8) is 0 Å². The Morgan fingerprint density at radius 2 is 1.59 bits per heavy atom. The van der Waals surface area contributed by atoms with Gasteiger partial charge in [0, 0.05) is 12.6 Å². The van der Waals surface area contributed by atoms with Crippen molar-refractivity contribution in [2.75, 3.05) is 19.6 Å². The summed E-state index contributed by atoms with van der Waals surface area (Å²) in [7, 11) is 0. The fourth-order valence-electron chi connectivity index (χ4n) is 2.37. The molecule has 4 nitrogen and oxygen atoms in total. The van der Waals surface area contributed by atoms with Crippen molar-refractivity contribution in [1.82, 2.24) is 10.2 Å². The first-order valence-corrected chi connectivity index (χ1v) is 7.90.